The van der Waals surface area contributed by atoms with Crippen LogP contribution in [0.3, 0.4) is 0 Å². The Morgan fingerprint density at radius 2 is 0.747 bits per heavy atom. The van der Waals surface area contributed by atoms with Gasteiger partial charge in [0, 0.05) is 44.2 Å². The number of hydrogen-bond acceptors (Lipinski definition) is 8. The Bertz CT molecular complexity index is 4170. The number of rotatable bonds is 9. The molecular weight excluding hydrogens is 988 g/mol. The van der Waals surface area contributed by atoms with Crippen LogP contribution in [0.15, 0.2) is 218 Å². The van der Waals surface area contributed by atoms with Crippen LogP contribution in [0.25, 0.3) is 118 Å². The number of benzene rings is 9. The summed E-state index contributed by atoms with van der Waals surface area (Å²) in [5.74, 6) is 0.275. The first-order valence-corrected chi connectivity index (χ1v) is 24.8. The topological polar surface area (TPSA) is 152 Å². The number of aromatic nitrogens is 5. The van der Waals surface area contributed by atoms with Crippen LogP contribution in [0.4, 0.5) is 13.2 Å². The Labute approximate surface area is 450 Å². The van der Waals surface area contributed by atoms with Gasteiger partial charge >= 0.3 is 6.18 Å². The molecule has 370 valence electrons. The van der Waals surface area contributed by atoms with Gasteiger partial charge in [0.1, 0.15) is 0 Å². The monoisotopic (exact) mass is 1020 g/mol. The van der Waals surface area contributed by atoms with Gasteiger partial charge in [0.15, 0.2) is 11.6 Å². The molecule has 0 aliphatic rings. The van der Waals surface area contributed by atoms with Crippen molar-refractivity contribution in [3.63, 3.8) is 0 Å². The van der Waals surface area contributed by atoms with E-state index in [1.165, 1.54) is 12.1 Å². The van der Waals surface area contributed by atoms with E-state index >= 15 is 13.2 Å². The van der Waals surface area contributed by atoms with Crippen molar-refractivity contribution in [2.75, 3.05) is 0 Å². The molecule has 0 fully saturated rings. The van der Waals surface area contributed by atoms with E-state index in [1.54, 1.807) is 30.3 Å². The maximum absolute atomic E-state index is 16.0. The molecule has 0 N–H and O–H groups in total. The minimum atomic E-state index is -4.89. The summed E-state index contributed by atoms with van der Waals surface area (Å²) >= 11 is 0. The summed E-state index contributed by atoms with van der Waals surface area (Å²) in [6.45, 7) is 0. The van der Waals surface area contributed by atoms with Crippen LogP contribution in [0, 0.1) is 45.3 Å². The summed E-state index contributed by atoms with van der Waals surface area (Å²) in [7, 11) is 0. The van der Waals surface area contributed by atoms with Crippen LogP contribution in [0.5, 0.6) is 0 Å². The Balaban J connectivity index is 1.26. The summed E-state index contributed by atoms with van der Waals surface area (Å²) in [5, 5.41) is 41.6. The molecule has 9 aromatic carbocycles. The number of nitriles is 4. The summed E-state index contributed by atoms with van der Waals surface area (Å²) in [4.78, 5) is 20.5. The van der Waals surface area contributed by atoms with E-state index in [4.69, 9.17) is 19.9 Å². The molecular formula is C67H36F3N9. The smallest absolute Gasteiger partial charge is 0.308 e. The number of nitrogens with zero attached hydrogens (tertiary/aromatic N) is 9. The average molecular weight is 1020 g/mol. The maximum atomic E-state index is 16.0. The third-order valence-corrected chi connectivity index (χ3v) is 13.8. The minimum absolute atomic E-state index is 0.00101. The zero-order valence-electron chi connectivity index (χ0n) is 41.4. The first-order chi connectivity index (χ1) is 38.6. The lowest BCUT2D eigenvalue weighted by atomic mass is 9.95. The number of alkyl halides is 3. The van der Waals surface area contributed by atoms with Gasteiger partial charge in [-0.1, -0.05) is 146 Å². The van der Waals surface area contributed by atoms with E-state index in [-0.39, 0.29) is 45.3 Å². The van der Waals surface area contributed by atoms with Gasteiger partial charge in [-0.15, -0.1) is 0 Å². The Hall–Kier alpha value is -11.3. The average Bonchev–Trinajstić information content (AvgIpc) is 4.09. The lowest BCUT2D eigenvalue weighted by Gasteiger charge is -2.22. The highest BCUT2D eigenvalue weighted by Gasteiger charge is 2.35. The summed E-state index contributed by atoms with van der Waals surface area (Å²) in [6.07, 6.45) is -4.89. The SMILES string of the molecule is N#Cc1ccc(-c2ccc3c(c2)c2cc(-c4ccc(C#N)cc4C#N)ccc2n3-c2c(-c3cc(-c4ccccc4)nc(-c4ccccc4)n3)cc(C(F)(F)F)cc2-c2nc(-c3ccccc3)cc(-c3ccccc3)n2)c(C#N)c1. The van der Waals surface area contributed by atoms with Crippen LogP contribution in [0.2, 0.25) is 0 Å². The quantitative estimate of drug-likeness (QED) is 0.139. The van der Waals surface area contributed by atoms with E-state index in [9.17, 15) is 21.0 Å². The van der Waals surface area contributed by atoms with E-state index in [2.05, 4.69) is 24.3 Å². The second-order valence-corrected chi connectivity index (χ2v) is 18.6. The van der Waals surface area contributed by atoms with Crippen LogP contribution in [-0.2, 0) is 6.18 Å². The van der Waals surface area contributed by atoms with Crippen molar-refractivity contribution in [2.45, 2.75) is 6.18 Å². The molecule has 0 radical (unpaired) electrons. The molecule has 9 nitrogen and oxygen atoms in total. The lowest BCUT2D eigenvalue weighted by molar-refractivity contribution is -0.137. The molecule has 0 saturated heterocycles. The highest BCUT2D eigenvalue weighted by Crippen LogP contribution is 2.47. The molecule has 0 unspecified atom stereocenters. The molecule has 0 aliphatic heterocycles. The largest absolute Gasteiger partial charge is 0.416 e. The fraction of sp³-hybridized carbons (Fsp3) is 0.0149. The molecule has 12 aromatic rings. The Kier molecular flexibility index (Phi) is 12.4. The molecule has 0 atom stereocenters. The van der Waals surface area contributed by atoms with Crippen LogP contribution in [-0.4, -0.2) is 24.5 Å². The fourth-order valence-electron chi connectivity index (χ4n) is 10.1. The molecule has 79 heavy (non-hydrogen) atoms. The predicted octanol–water partition coefficient (Wildman–Crippen LogP) is 16.2. The summed E-state index contributed by atoms with van der Waals surface area (Å²) in [6, 6.07) is 72.8. The number of hydrogen-bond donors (Lipinski definition) is 0. The maximum Gasteiger partial charge on any atom is 0.416 e. The van der Waals surface area contributed by atoms with E-state index in [1.807, 2.05) is 168 Å². The highest BCUT2D eigenvalue weighted by atomic mass is 19.4. The van der Waals surface area contributed by atoms with E-state index in [0.717, 1.165) is 12.1 Å². The third-order valence-electron chi connectivity index (χ3n) is 13.8. The molecule has 0 aliphatic carbocycles. The summed E-state index contributed by atoms with van der Waals surface area (Å²) in [5.41, 5.74) is 8.37. The normalized spacial score (nSPS) is 11.2. The van der Waals surface area contributed by atoms with Crippen molar-refractivity contribution in [1.29, 1.82) is 21.0 Å². The molecule has 0 bridgehead atoms. The van der Waals surface area contributed by atoms with E-state index in [0.29, 0.717) is 94.5 Å². The molecule has 0 spiro atoms. The second kappa shape index (κ2) is 20.1. The van der Waals surface area contributed by atoms with Gasteiger partial charge in [-0.3, -0.25) is 0 Å². The van der Waals surface area contributed by atoms with Crippen molar-refractivity contribution in [3.8, 4) is 120 Å². The predicted molar refractivity (Wildman–Crippen MR) is 299 cm³/mol. The Morgan fingerprint density at radius 1 is 0.342 bits per heavy atom. The van der Waals surface area contributed by atoms with Gasteiger partial charge in [0.25, 0.3) is 0 Å². The van der Waals surface area contributed by atoms with Crippen molar-refractivity contribution in [1.82, 2.24) is 24.5 Å². The third kappa shape index (κ3) is 9.15. The Morgan fingerprint density at radius 3 is 1.18 bits per heavy atom. The molecule has 3 aromatic heterocycles. The molecule has 0 amide bonds. The first-order valence-electron chi connectivity index (χ1n) is 24.8. The molecule has 0 saturated carbocycles. The van der Waals surface area contributed by atoms with Gasteiger partial charge in [-0.2, -0.15) is 34.2 Å². The van der Waals surface area contributed by atoms with Crippen molar-refractivity contribution in [2.24, 2.45) is 0 Å². The molecule has 12 rings (SSSR count). The fourth-order valence-corrected chi connectivity index (χ4v) is 10.1. The molecule has 12 heteroatoms. The van der Waals surface area contributed by atoms with Gasteiger partial charge in [0.05, 0.1) is 91.6 Å². The van der Waals surface area contributed by atoms with Crippen LogP contribution >= 0.6 is 0 Å². The zero-order valence-corrected chi connectivity index (χ0v) is 41.4. The van der Waals surface area contributed by atoms with Gasteiger partial charge in [-0.25, -0.2) is 19.9 Å². The van der Waals surface area contributed by atoms with Crippen molar-refractivity contribution >= 4 is 21.8 Å². The van der Waals surface area contributed by atoms with Crippen LogP contribution < -0.4 is 0 Å². The molecule has 3 heterocycles. The highest BCUT2D eigenvalue weighted by molar-refractivity contribution is 6.13. The van der Waals surface area contributed by atoms with Crippen LogP contribution in [0.1, 0.15) is 27.8 Å². The standard InChI is InChI=1S/C67H36F3N9/c68-67(69,70)51-33-56(61-36-60(45-17-9-3-10-18-45)75-65(78-61)46-19-11-4-12-20-46)64(57(34-51)66-76-58(43-13-5-1-6-14-43)35-59(77-66)44-15-7-2-8-16-44)79-62-27-23-47(52-25-21-41(37-71)29-49(52)39-73)31-54(62)55-32-48(24-28-63(55)79)53-26-22-42(38-72)30-50(53)40-74/h1-36H. The minimum Gasteiger partial charge on any atom is -0.308 e. The van der Waals surface area contributed by atoms with Gasteiger partial charge in [-0.05, 0) is 95.1 Å². The lowest BCUT2D eigenvalue weighted by Crippen LogP contribution is -2.11. The summed E-state index contributed by atoms with van der Waals surface area (Å²) < 4.78 is 49.9. The van der Waals surface area contributed by atoms with Gasteiger partial charge < -0.3 is 4.57 Å². The van der Waals surface area contributed by atoms with Crippen molar-refractivity contribution in [3.05, 3.63) is 246 Å². The number of fused-ring (bicyclic) bond motifs is 3. The second-order valence-electron chi connectivity index (χ2n) is 18.6. The van der Waals surface area contributed by atoms with Gasteiger partial charge in [0.2, 0.25) is 0 Å². The van der Waals surface area contributed by atoms with Crippen molar-refractivity contribution < 1.29 is 13.2 Å². The first kappa shape index (κ1) is 48.6. The van der Waals surface area contributed by atoms with E-state index < -0.39 is 11.7 Å². The number of halogens is 3. The zero-order chi connectivity index (χ0) is 54.2.